The lowest BCUT2D eigenvalue weighted by molar-refractivity contribution is 0.0682. The van der Waals surface area contributed by atoms with Crippen molar-refractivity contribution in [3.05, 3.63) is 5.89 Å². The Morgan fingerprint density at radius 3 is 2.78 bits per heavy atom. The van der Waals surface area contributed by atoms with Crippen molar-refractivity contribution in [3.8, 4) is 0 Å². The highest BCUT2D eigenvalue weighted by Crippen LogP contribution is 2.20. The first-order chi connectivity index (χ1) is 8.70. The second kappa shape index (κ2) is 6.15. The molecule has 1 atom stereocenters. The van der Waals surface area contributed by atoms with E-state index in [-0.39, 0.29) is 6.04 Å². The molecule has 6 nitrogen and oxygen atoms in total. The Morgan fingerprint density at radius 1 is 1.39 bits per heavy atom. The van der Waals surface area contributed by atoms with Crippen LogP contribution < -0.4 is 10.2 Å². The van der Waals surface area contributed by atoms with Gasteiger partial charge in [-0.3, -0.25) is 0 Å². The van der Waals surface area contributed by atoms with Gasteiger partial charge < -0.3 is 19.4 Å². The van der Waals surface area contributed by atoms with Crippen LogP contribution in [0, 0.1) is 5.92 Å². The van der Waals surface area contributed by atoms with Crippen molar-refractivity contribution in [3.63, 3.8) is 0 Å². The zero-order chi connectivity index (χ0) is 13.0. The van der Waals surface area contributed by atoms with Gasteiger partial charge in [0.2, 0.25) is 5.89 Å². The molecular formula is C12H22N4O2. The van der Waals surface area contributed by atoms with Gasteiger partial charge in [-0.1, -0.05) is 5.10 Å². The Morgan fingerprint density at radius 2 is 2.11 bits per heavy atom. The predicted octanol–water partition coefficient (Wildman–Crippen LogP) is 1.21. The summed E-state index contributed by atoms with van der Waals surface area (Å²) in [6.07, 6.45) is 2.22. The standard InChI is InChI=1S/C12H22N4O2/c1-9(13-2)11-14-15-12(18-11)16(3)8-10-4-6-17-7-5-10/h9-10,13H,4-8H2,1-3H3. The van der Waals surface area contributed by atoms with Crippen molar-refractivity contribution in [1.29, 1.82) is 0 Å². The highest BCUT2D eigenvalue weighted by molar-refractivity contribution is 5.22. The average Bonchev–Trinajstić information content (AvgIpc) is 2.88. The largest absolute Gasteiger partial charge is 0.406 e. The van der Waals surface area contributed by atoms with Gasteiger partial charge in [-0.2, -0.15) is 0 Å². The zero-order valence-electron chi connectivity index (χ0n) is 11.3. The van der Waals surface area contributed by atoms with Gasteiger partial charge in [-0.05, 0) is 32.7 Å². The summed E-state index contributed by atoms with van der Waals surface area (Å²) in [5, 5.41) is 11.2. The molecule has 0 aliphatic carbocycles. The van der Waals surface area contributed by atoms with Crippen LogP contribution in [0.15, 0.2) is 4.42 Å². The van der Waals surface area contributed by atoms with E-state index >= 15 is 0 Å². The normalized spacial score (nSPS) is 18.8. The molecule has 0 bridgehead atoms. The van der Waals surface area contributed by atoms with E-state index in [1.807, 2.05) is 25.9 Å². The number of ether oxygens (including phenoxy) is 1. The monoisotopic (exact) mass is 254 g/mol. The first-order valence-corrected chi connectivity index (χ1v) is 6.50. The van der Waals surface area contributed by atoms with Crippen LogP contribution in [0.5, 0.6) is 0 Å². The average molecular weight is 254 g/mol. The summed E-state index contributed by atoms with van der Waals surface area (Å²) in [5.74, 6) is 1.28. The fourth-order valence-electron chi connectivity index (χ4n) is 2.07. The minimum Gasteiger partial charge on any atom is -0.406 e. The third-order valence-corrected chi connectivity index (χ3v) is 3.43. The molecule has 18 heavy (non-hydrogen) atoms. The molecule has 1 unspecified atom stereocenters. The van der Waals surface area contributed by atoms with Gasteiger partial charge in [0.15, 0.2) is 0 Å². The van der Waals surface area contributed by atoms with Crippen molar-refractivity contribution >= 4 is 6.01 Å². The molecule has 102 valence electrons. The number of nitrogens with zero attached hydrogens (tertiary/aromatic N) is 3. The van der Waals surface area contributed by atoms with Crippen molar-refractivity contribution in [2.24, 2.45) is 5.92 Å². The summed E-state index contributed by atoms with van der Waals surface area (Å²) in [6.45, 7) is 4.67. The van der Waals surface area contributed by atoms with Gasteiger partial charge in [0.1, 0.15) is 0 Å². The van der Waals surface area contributed by atoms with Crippen LogP contribution in [0.25, 0.3) is 0 Å². The Labute approximate surface area is 108 Å². The minimum atomic E-state index is 0.0859. The van der Waals surface area contributed by atoms with Gasteiger partial charge in [0.05, 0.1) is 6.04 Å². The van der Waals surface area contributed by atoms with Gasteiger partial charge in [-0.25, -0.2) is 0 Å². The molecule has 1 aliphatic rings. The summed E-state index contributed by atoms with van der Waals surface area (Å²) in [5.41, 5.74) is 0. The third-order valence-electron chi connectivity index (χ3n) is 3.43. The van der Waals surface area contributed by atoms with Crippen LogP contribution in [0.1, 0.15) is 31.7 Å². The maximum atomic E-state index is 5.65. The molecule has 0 radical (unpaired) electrons. The summed E-state index contributed by atoms with van der Waals surface area (Å²) >= 11 is 0. The number of rotatable bonds is 5. The van der Waals surface area contributed by atoms with Gasteiger partial charge in [0.25, 0.3) is 0 Å². The predicted molar refractivity (Wildman–Crippen MR) is 68.6 cm³/mol. The van der Waals surface area contributed by atoms with E-state index in [9.17, 15) is 0 Å². The number of hydrogen-bond donors (Lipinski definition) is 1. The molecule has 1 N–H and O–H groups in total. The Kier molecular flexibility index (Phi) is 4.54. The van der Waals surface area contributed by atoms with E-state index < -0.39 is 0 Å². The summed E-state index contributed by atoms with van der Waals surface area (Å²) in [6, 6.07) is 0.682. The third kappa shape index (κ3) is 3.20. The lowest BCUT2D eigenvalue weighted by Crippen LogP contribution is -2.29. The van der Waals surface area contributed by atoms with Crippen LogP contribution in [-0.4, -0.2) is 44.1 Å². The van der Waals surface area contributed by atoms with Crippen LogP contribution >= 0.6 is 0 Å². The van der Waals surface area contributed by atoms with E-state index in [4.69, 9.17) is 9.15 Å². The highest BCUT2D eigenvalue weighted by Gasteiger charge is 2.19. The van der Waals surface area contributed by atoms with E-state index in [0.29, 0.717) is 17.8 Å². The van der Waals surface area contributed by atoms with Crippen molar-refractivity contribution in [1.82, 2.24) is 15.5 Å². The maximum Gasteiger partial charge on any atom is 0.317 e. The Balaban J connectivity index is 1.91. The molecule has 0 amide bonds. The quantitative estimate of drug-likeness (QED) is 0.852. The number of aromatic nitrogens is 2. The molecule has 1 aromatic rings. The number of hydrogen-bond acceptors (Lipinski definition) is 6. The Bertz CT molecular complexity index is 363. The molecule has 2 heterocycles. The number of anilines is 1. The fourth-order valence-corrected chi connectivity index (χ4v) is 2.07. The molecule has 1 saturated heterocycles. The van der Waals surface area contributed by atoms with E-state index in [2.05, 4.69) is 15.5 Å². The minimum absolute atomic E-state index is 0.0859. The summed E-state index contributed by atoms with van der Waals surface area (Å²) in [4.78, 5) is 2.04. The van der Waals surface area contributed by atoms with E-state index in [0.717, 1.165) is 32.6 Å². The Hall–Kier alpha value is -1.14. The molecular weight excluding hydrogens is 232 g/mol. The van der Waals surface area contributed by atoms with Crippen LogP contribution in [-0.2, 0) is 4.74 Å². The SMILES string of the molecule is CNC(C)c1nnc(N(C)CC2CCOCC2)o1. The van der Waals surface area contributed by atoms with Gasteiger partial charge in [-0.15, -0.1) is 5.10 Å². The first-order valence-electron chi connectivity index (χ1n) is 6.50. The first kappa shape index (κ1) is 13.3. The molecule has 1 fully saturated rings. The molecule has 1 aromatic heterocycles. The molecule has 0 aromatic carbocycles. The highest BCUT2D eigenvalue weighted by atomic mass is 16.5. The lowest BCUT2D eigenvalue weighted by atomic mass is 10.0. The van der Waals surface area contributed by atoms with E-state index in [1.54, 1.807) is 0 Å². The second-order valence-electron chi connectivity index (χ2n) is 4.87. The molecule has 0 spiro atoms. The van der Waals surface area contributed by atoms with Crippen molar-refractivity contribution in [2.75, 3.05) is 38.8 Å². The molecule has 0 saturated carbocycles. The molecule has 6 heteroatoms. The topological polar surface area (TPSA) is 63.4 Å². The zero-order valence-corrected chi connectivity index (χ0v) is 11.3. The van der Waals surface area contributed by atoms with Crippen LogP contribution in [0.4, 0.5) is 6.01 Å². The summed E-state index contributed by atoms with van der Waals surface area (Å²) < 4.78 is 11.0. The second-order valence-corrected chi connectivity index (χ2v) is 4.87. The van der Waals surface area contributed by atoms with E-state index in [1.165, 1.54) is 0 Å². The smallest absolute Gasteiger partial charge is 0.317 e. The lowest BCUT2D eigenvalue weighted by Gasteiger charge is -2.25. The number of nitrogens with one attached hydrogen (secondary N) is 1. The molecule has 2 rings (SSSR count). The van der Waals surface area contributed by atoms with Gasteiger partial charge >= 0.3 is 6.01 Å². The molecule has 1 aliphatic heterocycles. The van der Waals surface area contributed by atoms with Crippen LogP contribution in [0.3, 0.4) is 0 Å². The van der Waals surface area contributed by atoms with Crippen molar-refractivity contribution in [2.45, 2.75) is 25.8 Å². The van der Waals surface area contributed by atoms with Crippen LogP contribution in [0.2, 0.25) is 0 Å². The van der Waals surface area contributed by atoms with Gasteiger partial charge in [0, 0.05) is 26.8 Å². The summed E-state index contributed by atoms with van der Waals surface area (Å²) in [7, 11) is 3.87. The van der Waals surface area contributed by atoms with Crippen molar-refractivity contribution < 1.29 is 9.15 Å². The maximum absolute atomic E-state index is 5.65. The fraction of sp³-hybridized carbons (Fsp3) is 0.833.